The topological polar surface area (TPSA) is 116 Å². The van der Waals surface area contributed by atoms with Crippen molar-refractivity contribution in [1.29, 1.82) is 0 Å². The number of nitrogens with two attached hydrogens (primary N) is 1. The number of nitrogens with one attached hydrogen (secondary N) is 1. The van der Waals surface area contributed by atoms with Crippen LogP contribution in [0.15, 0.2) is 23.9 Å². The maximum atomic E-state index is 12.4. The molecule has 20 heavy (non-hydrogen) atoms. The van der Waals surface area contributed by atoms with Crippen LogP contribution in [0, 0.1) is 11.8 Å². The first-order valence-electron chi connectivity index (χ1n) is 6.63. The Balaban J connectivity index is 1.88. The Hall–Kier alpha value is -1.70. The molecule has 2 heterocycles. The third-order valence-electron chi connectivity index (χ3n) is 4.15. The third kappa shape index (κ3) is 1.86. The first kappa shape index (κ1) is 13.3. The molecule has 2 aliphatic heterocycles. The van der Waals surface area contributed by atoms with E-state index in [1.54, 1.807) is 18.2 Å². The molecule has 0 spiro atoms. The van der Waals surface area contributed by atoms with Crippen LogP contribution in [0.2, 0.25) is 0 Å². The van der Waals surface area contributed by atoms with Gasteiger partial charge < -0.3 is 15.9 Å². The number of hydrogen-bond acceptors (Lipinski definition) is 6. The molecule has 0 aromatic carbocycles. The lowest BCUT2D eigenvalue weighted by Crippen LogP contribution is -2.58. The number of amides is 2. The van der Waals surface area contributed by atoms with Gasteiger partial charge in [-0.25, -0.2) is 0 Å². The molecule has 7 heteroatoms. The van der Waals surface area contributed by atoms with E-state index in [1.165, 1.54) is 0 Å². The van der Waals surface area contributed by atoms with Crippen molar-refractivity contribution in [3.63, 3.8) is 0 Å². The molecule has 5 N–H and O–H groups in total. The number of imide groups is 1. The fraction of sp³-hybridized carbons (Fsp3) is 0.538. The predicted molar refractivity (Wildman–Crippen MR) is 68.4 cm³/mol. The number of allylic oxidation sites excluding steroid dienone is 2. The van der Waals surface area contributed by atoms with Crippen LogP contribution >= 0.6 is 0 Å². The van der Waals surface area contributed by atoms with Gasteiger partial charge in [-0.05, 0) is 18.9 Å². The van der Waals surface area contributed by atoms with E-state index in [0.717, 1.165) is 4.90 Å². The minimum absolute atomic E-state index is 0.338. The quantitative estimate of drug-likeness (QED) is 0.429. The second-order valence-electron chi connectivity index (χ2n) is 5.37. The predicted octanol–water partition coefficient (Wildman–Crippen LogP) is -1.61. The van der Waals surface area contributed by atoms with Crippen molar-refractivity contribution in [3.05, 3.63) is 23.9 Å². The fourth-order valence-electron chi connectivity index (χ4n) is 3.12. The van der Waals surface area contributed by atoms with E-state index in [1.807, 2.05) is 0 Å². The molecule has 3 aliphatic rings. The van der Waals surface area contributed by atoms with Crippen LogP contribution in [0.1, 0.15) is 12.8 Å². The van der Waals surface area contributed by atoms with Crippen LogP contribution in [0.25, 0.3) is 0 Å². The molecule has 1 aliphatic carbocycles. The Kier molecular flexibility index (Phi) is 3.12. The number of rotatable bonds is 1. The van der Waals surface area contributed by atoms with Gasteiger partial charge in [0.25, 0.3) is 0 Å². The van der Waals surface area contributed by atoms with Crippen molar-refractivity contribution in [2.75, 3.05) is 0 Å². The Morgan fingerprint density at radius 3 is 2.65 bits per heavy atom. The maximum Gasteiger partial charge on any atom is 0.239 e. The molecule has 0 aromatic rings. The summed E-state index contributed by atoms with van der Waals surface area (Å²) >= 11 is 0. The van der Waals surface area contributed by atoms with Gasteiger partial charge in [0.15, 0.2) is 0 Å². The highest BCUT2D eigenvalue weighted by atomic mass is 16.3. The number of likely N-dealkylation sites (tertiary alicyclic amines) is 1. The van der Waals surface area contributed by atoms with Crippen LogP contribution < -0.4 is 11.1 Å². The summed E-state index contributed by atoms with van der Waals surface area (Å²) in [5.41, 5.74) is 6.18. The summed E-state index contributed by atoms with van der Waals surface area (Å²) in [5.74, 6) is -1.95. The van der Waals surface area contributed by atoms with Crippen molar-refractivity contribution in [3.8, 4) is 0 Å². The van der Waals surface area contributed by atoms with Crippen LogP contribution in [-0.2, 0) is 9.59 Å². The molecule has 0 bridgehead atoms. The number of piperidine rings is 1. The lowest BCUT2D eigenvalue weighted by Gasteiger charge is -2.36. The third-order valence-corrected chi connectivity index (χ3v) is 4.15. The minimum Gasteiger partial charge on any atom is -0.401 e. The lowest BCUT2D eigenvalue weighted by molar-refractivity contribution is -0.149. The van der Waals surface area contributed by atoms with E-state index in [0.29, 0.717) is 18.5 Å². The van der Waals surface area contributed by atoms with Gasteiger partial charge in [-0.2, -0.15) is 0 Å². The van der Waals surface area contributed by atoms with Gasteiger partial charge in [0.1, 0.15) is 12.5 Å². The zero-order chi connectivity index (χ0) is 14.4. The normalized spacial score (nSPS) is 40.8. The summed E-state index contributed by atoms with van der Waals surface area (Å²) in [5, 5.41) is 21.9. The Bertz CT molecular complexity index is 516. The van der Waals surface area contributed by atoms with E-state index >= 15 is 0 Å². The highest BCUT2D eigenvalue weighted by molar-refractivity contribution is 6.08. The number of hydrogen-bond donors (Lipinski definition) is 4. The standard InChI is InChI=1S/C13H17N3O4/c14-7-3-1-2-6-10(7)13(20)16(12(6)19)8-4-5-9(17)15-11(8)18/h1-3,6,8-11,15,17-18H,4-5,14H2. The molecular formula is C13H17N3O4. The number of aliphatic hydroxyl groups is 2. The highest BCUT2D eigenvalue weighted by Gasteiger charge is 2.52. The van der Waals surface area contributed by atoms with Crippen molar-refractivity contribution in [2.24, 2.45) is 17.6 Å². The largest absolute Gasteiger partial charge is 0.401 e. The molecule has 2 fully saturated rings. The first-order valence-corrected chi connectivity index (χ1v) is 6.63. The Morgan fingerprint density at radius 1 is 1.25 bits per heavy atom. The molecule has 7 nitrogen and oxygen atoms in total. The summed E-state index contributed by atoms with van der Waals surface area (Å²) in [6.45, 7) is 0. The number of carbonyl (C=O) groups is 2. The van der Waals surface area contributed by atoms with Crippen molar-refractivity contribution >= 4 is 11.8 Å². The number of nitrogens with zero attached hydrogens (tertiary/aromatic N) is 1. The van der Waals surface area contributed by atoms with E-state index in [-0.39, 0.29) is 11.8 Å². The van der Waals surface area contributed by atoms with Gasteiger partial charge in [0, 0.05) is 5.70 Å². The van der Waals surface area contributed by atoms with Gasteiger partial charge in [0.05, 0.1) is 17.9 Å². The molecule has 2 saturated heterocycles. The van der Waals surface area contributed by atoms with E-state index in [9.17, 15) is 19.8 Å². The molecular weight excluding hydrogens is 262 g/mol. The SMILES string of the molecule is NC1=CC=CC2C(=O)N(C3CCC(O)NC3O)C(=O)C12. The van der Waals surface area contributed by atoms with E-state index < -0.39 is 30.3 Å². The van der Waals surface area contributed by atoms with Crippen molar-refractivity contribution < 1.29 is 19.8 Å². The molecule has 5 unspecified atom stereocenters. The fourth-order valence-corrected chi connectivity index (χ4v) is 3.12. The van der Waals surface area contributed by atoms with Gasteiger partial charge in [-0.1, -0.05) is 12.2 Å². The van der Waals surface area contributed by atoms with Crippen molar-refractivity contribution in [1.82, 2.24) is 10.2 Å². The monoisotopic (exact) mass is 279 g/mol. The van der Waals surface area contributed by atoms with Crippen LogP contribution in [0.4, 0.5) is 0 Å². The number of aliphatic hydroxyl groups excluding tert-OH is 2. The van der Waals surface area contributed by atoms with Gasteiger partial charge in [-0.3, -0.25) is 19.8 Å². The van der Waals surface area contributed by atoms with Gasteiger partial charge >= 0.3 is 0 Å². The van der Waals surface area contributed by atoms with Crippen LogP contribution in [0.5, 0.6) is 0 Å². The maximum absolute atomic E-state index is 12.4. The Labute approximate surface area is 115 Å². The summed E-state index contributed by atoms with van der Waals surface area (Å²) in [7, 11) is 0. The summed E-state index contributed by atoms with van der Waals surface area (Å²) < 4.78 is 0. The zero-order valence-electron chi connectivity index (χ0n) is 10.8. The second kappa shape index (κ2) is 4.69. The van der Waals surface area contributed by atoms with E-state index in [4.69, 9.17) is 5.73 Å². The van der Waals surface area contributed by atoms with Crippen LogP contribution in [0.3, 0.4) is 0 Å². The smallest absolute Gasteiger partial charge is 0.239 e. The highest BCUT2D eigenvalue weighted by Crippen LogP contribution is 2.36. The molecule has 0 radical (unpaired) electrons. The van der Waals surface area contributed by atoms with Crippen molar-refractivity contribution in [2.45, 2.75) is 31.3 Å². The molecule has 0 saturated carbocycles. The second-order valence-corrected chi connectivity index (χ2v) is 5.37. The average Bonchev–Trinajstić information content (AvgIpc) is 2.64. The van der Waals surface area contributed by atoms with Crippen LogP contribution in [-0.4, -0.2) is 45.4 Å². The number of carbonyl (C=O) groups excluding carboxylic acids is 2. The minimum atomic E-state index is -1.12. The first-order chi connectivity index (χ1) is 9.50. The molecule has 108 valence electrons. The molecule has 2 amide bonds. The van der Waals surface area contributed by atoms with E-state index in [2.05, 4.69) is 5.32 Å². The molecule has 0 aromatic heterocycles. The summed E-state index contributed by atoms with van der Waals surface area (Å²) in [6.07, 6.45) is 3.75. The lowest BCUT2D eigenvalue weighted by atomic mass is 9.88. The molecule has 5 atom stereocenters. The molecule has 3 rings (SSSR count). The summed E-state index contributed by atoms with van der Waals surface area (Å²) in [4.78, 5) is 25.9. The van der Waals surface area contributed by atoms with Gasteiger partial charge in [-0.15, -0.1) is 0 Å². The average molecular weight is 279 g/mol. The summed E-state index contributed by atoms with van der Waals surface area (Å²) in [6, 6.07) is -0.662. The number of fused-ring (bicyclic) bond motifs is 1. The van der Waals surface area contributed by atoms with Gasteiger partial charge in [0.2, 0.25) is 11.8 Å². The zero-order valence-corrected chi connectivity index (χ0v) is 10.8. The Morgan fingerprint density at radius 2 is 2.00 bits per heavy atom.